The predicted octanol–water partition coefficient (Wildman–Crippen LogP) is 1.94. The maximum Gasteiger partial charge on any atom is 0.313 e. The van der Waals surface area contributed by atoms with E-state index in [-0.39, 0.29) is 18.3 Å². The van der Waals surface area contributed by atoms with E-state index < -0.39 is 11.4 Å². The molecule has 0 aromatic rings. The summed E-state index contributed by atoms with van der Waals surface area (Å²) in [6.07, 6.45) is -0.276. The molecule has 0 aliphatic heterocycles. The summed E-state index contributed by atoms with van der Waals surface area (Å²) in [4.78, 5) is 22.4. The molecule has 3 nitrogen and oxygen atoms in total. The zero-order valence-corrected chi connectivity index (χ0v) is 9.01. The zero-order chi connectivity index (χ0) is 10.6. The summed E-state index contributed by atoms with van der Waals surface area (Å²) in [5.74, 6) is -0.520. The number of ketones is 1. The average molecular weight is 186 g/mol. The normalized spacial score (nSPS) is 11.5. The van der Waals surface area contributed by atoms with Crippen LogP contribution in [0.1, 0.15) is 41.0 Å². The molecule has 0 aliphatic carbocycles. The summed E-state index contributed by atoms with van der Waals surface area (Å²) in [7, 11) is 0. The number of carbonyl (C=O) groups excluding carboxylic acids is 2. The van der Waals surface area contributed by atoms with Gasteiger partial charge in [-0.3, -0.25) is 9.59 Å². The Morgan fingerprint density at radius 2 is 1.69 bits per heavy atom. The minimum absolute atomic E-state index is 0.0850. The van der Waals surface area contributed by atoms with Crippen molar-refractivity contribution in [3.05, 3.63) is 0 Å². The molecule has 0 saturated heterocycles. The lowest BCUT2D eigenvalue weighted by Crippen LogP contribution is -2.25. The van der Waals surface area contributed by atoms with Gasteiger partial charge >= 0.3 is 5.97 Å². The van der Waals surface area contributed by atoms with Crippen molar-refractivity contribution in [2.75, 3.05) is 0 Å². The minimum Gasteiger partial charge on any atom is -0.463 e. The van der Waals surface area contributed by atoms with Crippen molar-refractivity contribution in [3.63, 3.8) is 0 Å². The van der Waals surface area contributed by atoms with E-state index in [1.54, 1.807) is 34.6 Å². The standard InChI is InChI=1S/C10H18O3/c1-7(2)13-9(12)6-8(11)10(3,4)5/h7H,6H2,1-5H3. The Hall–Kier alpha value is -0.860. The van der Waals surface area contributed by atoms with Crippen molar-refractivity contribution < 1.29 is 14.3 Å². The van der Waals surface area contributed by atoms with Crippen molar-refractivity contribution in [2.24, 2.45) is 5.41 Å². The molecule has 0 rings (SSSR count). The van der Waals surface area contributed by atoms with Crippen LogP contribution in [0, 0.1) is 5.41 Å². The average Bonchev–Trinajstić information content (AvgIpc) is 1.82. The van der Waals surface area contributed by atoms with E-state index in [0.717, 1.165) is 0 Å². The van der Waals surface area contributed by atoms with Crippen LogP contribution in [0.2, 0.25) is 0 Å². The summed E-state index contributed by atoms with van der Waals surface area (Å²) < 4.78 is 4.86. The molecule has 13 heavy (non-hydrogen) atoms. The molecule has 3 heteroatoms. The van der Waals surface area contributed by atoms with Crippen molar-refractivity contribution in [2.45, 2.75) is 47.1 Å². The Kier molecular flexibility index (Phi) is 4.11. The first-order valence-electron chi connectivity index (χ1n) is 4.46. The lowest BCUT2D eigenvalue weighted by atomic mass is 9.89. The lowest BCUT2D eigenvalue weighted by molar-refractivity contribution is -0.150. The lowest BCUT2D eigenvalue weighted by Gasteiger charge is -2.16. The third kappa shape index (κ3) is 5.39. The summed E-state index contributed by atoms with van der Waals surface area (Å²) in [5, 5.41) is 0. The van der Waals surface area contributed by atoms with E-state index in [1.807, 2.05) is 0 Å². The van der Waals surface area contributed by atoms with Crippen LogP contribution in [0.15, 0.2) is 0 Å². The quantitative estimate of drug-likeness (QED) is 0.499. The van der Waals surface area contributed by atoms with Crippen molar-refractivity contribution in [1.82, 2.24) is 0 Å². The first kappa shape index (κ1) is 12.1. The second-order valence-corrected chi connectivity index (χ2v) is 4.39. The molecule has 0 fully saturated rings. The molecule has 0 aromatic heterocycles. The van der Waals surface area contributed by atoms with Gasteiger partial charge in [-0.1, -0.05) is 20.8 Å². The first-order valence-corrected chi connectivity index (χ1v) is 4.46. The van der Waals surface area contributed by atoms with Crippen LogP contribution >= 0.6 is 0 Å². The van der Waals surface area contributed by atoms with Crippen LogP contribution in [0.4, 0.5) is 0 Å². The molecule has 0 spiro atoms. The summed E-state index contributed by atoms with van der Waals surface area (Å²) in [6, 6.07) is 0. The number of esters is 1. The molecule has 0 radical (unpaired) electrons. The number of hydrogen-bond acceptors (Lipinski definition) is 3. The van der Waals surface area contributed by atoms with Gasteiger partial charge in [-0.2, -0.15) is 0 Å². The Labute approximate surface area is 79.5 Å². The second kappa shape index (κ2) is 4.40. The fourth-order valence-corrected chi connectivity index (χ4v) is 0.701. The highest BCUT2D eigenvalue weighted by Gasteiger charge is 2.24. The van der Waals surface area contributed by atoms with Gasteiger partial charge in [0.1, 0.15) is 12.2 Å². The number of rotatable bonds is 3. The third-order valence-corrected chi connectivity index (χ3v) is 1.51. The van der Waals surface area contributed by atoms with E-state index in [1.165, 1.54) is 0 Å². The van der Waals surface area contributed by atoms with Crippen molar-refractivity contribution in [3.8, 4) is 0 Å². The van der Waals surface area contributed by atoms with Gasteiger partial charge in [0, 0.05) is 5.41 Å². The smallest absolute Gasteiger partial charge is 0.313 e. The van der Waals surface area contributed by atoms with Crippen LogP contribution in [-0.2, 0) is 14.3 Å². The highest BCUT2D eigenvalue weighted by Crippen LogP contribution is 2.16. The Morgan fingerprint density at radius 3 is 2.00 bits per heavy atom. The van der Waals surface area contributed by atoms with Crippen LogP contribution in [-0.4, -0.2) is 17.9 Å². The fraction of sp³-hybridized carbons (Fsp3) is 0.800. The molecule has 0 heterocycles. The second-order valence-electron chi connectivity index (χ2n) is 4.39. The van der Waals surface area contributed by atoms with Crippen LogP contribution in [0.3, 0.4) is 0 Å². The first-order chi connectivity index (χ1) is 5.73. The van der Waals surface area contributed by atoms with Gasteiger partial charge in [0.25, 0.3) is 0 Å². The third-order valence-electron chi connectivity index (χ3n) is 1.51. The van der Waals surface area contributed by atoms with Gasteiger partial charge in [0.15, 0.2) is 0 Å². The summed E-state index contributed by atoms with van der Waals surface area (Å²) in [5.41, 5.74) is -0.462. The Bertz CT molecular complexity index is 199. The number of Topliss-reactive ketones (excluding diaryl/α,β-unsaturated/α-hetero) is 1. The van der Waals surface area contributed by atoms with Gasteiger partial charge in [0.2, 0.25) is 0 Å². The maximum atomic E-state index is 11.4. The van der Waals surface area contributed by atoms with E-state index in [9.17, 15) is 9.59 Å². The van der Waals surface area contributed by atoms with Crippen LogP contribution in [0.25, 0.3) is 0 Å². The van der Waals surface area contributed by atoms with Gasteiger partial charge < -0.3 is 4.74 Å². The maximum absolute atomic E-state index is 11.4. The molecule has 0 atom stereocenters. The molecule has 76 valence electrons. The molecule has 0 bridgehead atoms. The topological polar surface area (TPSA) is 43.4 Å². The highest BCUT2D eigenvalue weighted by atomic mass is 16.5. The molecule has 0 unspecified atom stereocenters. The largest absolute Gasteiger partial charge is 0.463 e. The van der Waals surface area contributed by atoms with Gasteiger partial charge in [-0.05, 0) is 13.8 Å². The van der Waals surface area contributed by atoms with Crippen LogP contribution < -0.4 is 0 Å². The van der Waals surface area contributed by atoms with Crippen LogP contribution in [0.5, 0.6) is 0 Å². The summed E-state index contributed by atoms with van der Waals surface area (Å²) in [6.45, 7) is 8.90. The monoisotopic (exact) mass is 186 g/mol. The van der Waals surface area contributed by atoms with Crippen molar-refractivity contribution in [1.29, 1.82) is 0 Å². The SMILES string of the molecule is CC(C)OC(=O)CC(=O)C(C)(C)C. The molecule has 0 aromatic carbocycles. The van der Waals surface area contributed by atoms with E-state index in [2.05, 4.69) is 0 Å². The fourth-order valence-electron chi connectivity index (χ4n) is 0.701. The molecule has 0 amide bonds. The predicted molar refractivity (Wildman–Crippen MR) is 50.3 cm³/mol. The molecule has 0 N–H and O–H groups in total. The molecular weight excluding hydrogens is 168 g/mol. The van der Waals surface area contributed by atoms with E-state index in [4.69, 9.17) is 4.74 Å². The Balaban J connectivity index is 4.01. The number of carbonyl (C=O) groups is 2. The van der Waals surface area contributed by atoms with Gasteiger partial charge in [-0.15, -0.1) is 0 Å². The van der Waals surface area contributed by atoms with E-state index >= 15 is 0 Å². The zero-order valence-electron chi connectivity index (χ0n) is 9.01. The number of ether oxygens (including phenoxy) is 1. The summed E-state index contributed by atoms with van der Waals surface area (Å²) >= 11 is 0. The van der Waals surface area contributed by atoms with E-state index in [0.29, 0.717) is 0 Å². The van der Waals surface area contributed by atoms with Gasteiger partial charge in [0.05, 0.1) is 6.10 Å². The highest BCUT2D eigenvalue weighted by molar-refractivity contribution is 5.98. The molecular formula is C10H18O3. The van der Waals surface area contributed by atoms with Crippen molar-refractivity contribution >= 4 is 11.8 Å². The Morgan fingerprint density at radius 1 is 1.23 bits per heavy atom. The number of hydrogen-bond donors (Lipinski definition) is 0. The molecule has 0 saturated carbocycles. The van der Waals surface area contributed by atoms with Gasteiger partial charge in [-0.25, -0.2) is 0 Å². The minimum atomic E-state index is -0.462. The molecule has 0 aliphatic rings.